The molecule has 0 radical (unpaired) electrons. The number of carbonyl (C=O) groups excluding carboxylic acids is 2. The summed E-state index contributed by atoms with van der Waals surface area (Å²) < 4.78 is 56.8. The first-order chi connectivity index (χ1) is 20.4. The molecule has 1 heterocycles. The Hall–Kier alpha value is -4.55. The third kappa shape index (κ3) is 6.45. The fraction of sp³-hybridized carbons (Fsp3) is 0.258. The SMILES string of the molecule is NCc1cccc(-n2nc(C(F)(F)F)cc2C(=O)Nc2cc(C(N)(CCC3CC3)c3cccc(C(N)=O)c3)ccc2F)c1. The first-order valence-corrected chi connectivity index (χ1v) is 13.7. The van der Waals surface area contributed by atoms with Gasteiger partial charge in [-0.05, 0) is 71.8 Å². The van der Waals surface area contributed by atoms with Crippen molar-refractivity contribution < 1.29 is 27.2 Å². The van der Waals surface area contributed by atoms with Gasteiger partial charge in [-0.1, -0.05) is 43.2 Å². The van der Waals surface area contributed by atoms with E-state index >= 15 is 4.39 Å². The van der Waals surface area contributed by atoms with Crippen LogP contribution in [0.4, 0.5) is 23.2 Å². The van der Waals surface area contributed by atoms with Gasteiger partial charge in [0, 0.05) is 18.2 Å². The Balaban J connectivity index is 1.53. The van der Waals surface area contributed by atoms with Crippen LogP contribution in [0, 0.1) is 11.7 Å². The van der Waals surface area contributed by atoms with Gasteiger partial charge in [0.15, 0.2) is 5.69 Å². The summed E-state index contributed by atoms with van der Waals surface area (Å²) in [5, 5.41) is 6.02. The molecule has 1 atom stereocenters. The summed E-state index contributed by atoms with van der Waals surface area (Å²) in [4.78, 5) is 25.3. The predicted octanol–water partition coefficient (Wildman–Crippen LogP) is 5.23. The van der Waals surface area contributed by atoms with E-state index in [9.17, 15) is 22.8 Å². The molecule has 0 saturated heterocycles. The molecule has 1 saturated carbocycles. The van der Waals surface area contributed by atoms with Crippen molar-refractivity contribution >= 4 is 17.5 Å². The maximum Gasteiger partial charge on any atom is 0.435 e. The standard InChI is InChI=1S/C31H30F4N6O2/c32-24-10-9-22(30(38,12-11-18-7-8-18)21-5-2-4-20(14-21)28(37)42)15-25(24)39-29(43)26-16-27(31(33,34)35)40-41(26)23-6-1-3-19(13-23)17-36/h1-6,9-10,13-16,18H,7-8,11-12,17,36,38H2,(H2,37,42)(H,39,43). The van der Waals surface area contributed by atoms with Crippen LogP contribution < -0.4 is 22.5 Å². The summed E-state index contributed by atoms with van der Waals surface area (Å²) in [6.07, 6.45) is -1.46. The Labute approximate surface area is 244 Å². The lowest BCUT2D eigenvalue weighted by molar-refractivity contribution is -0.141. The largest absolute Gasteiger partial charge is 0.435 e. The number of benzene rings is 3. The maximum atomic E-state index is 15.1. The highest BCUT2D eigenvalue weighted by Crippen LogP contribution is 2.41. The third-order valence-corrected chi connectivity index (χ3v) is 7.66. The number of primary amides is 1. The number of nitrogens with zero attached hydrogens (tertiary/aromatic N) is 2. The predicted molar refractivity (Wildman–Crippen MR) is 153 cm³/mol. The van der Waals surface area contributed by atoms with Gasteiger partial charge in [0.1, 0.15) is 11.5 Å². The Kier molecular flexibility index (Phi) is 8.08. The van der Waals surface area contributed by atoms with Gasteiger partial charge in [0.2, 0.25) is 5.91 Å². The van der Waals surface area contributed by atoms with Crippen LogP contribution in [-0.2, 0) is 18.3 Å². The fourth-order valence-electron chi connectivity index (χ4n) is 5.02. The summed E-state index contributed by atoms with van der Waals surface area (Å²) in [5.74, 6) is -1.97. The summed E-state index contributed by atoms with van der Waals surface area (Å²) >= 11 is 0. The number of amides is 2. The highest BCUT2D eigenvalue weighted by molar-refractivity contribution is 6.03. The normalized spacial score (nSPS) is 14.7. The van der Waals surface area contributed by atoms with Crippen LogP contribution in [0.2, 0.25) is 0 Å². The van der Waals surface area contributed by atoms with Crippen LogP contribution >= 0.6 is 0 Å². The van der Waals surface area contributed by atoms with Gasteiger partial charge >= 0.3 is 6.18 Å². The second-order valence-corrected chi connectivity index (χ2v) is 10.7. The van der Waals surface area contributed by atoms with Crippen LogP contribution in [0.25, 0.3) is 5.69 Å². The molecule has 0 bridgehead atoms. The van der Waals surface area contributed by atoms with E-state index in [4.69, 9.17) is 17.2 Å². The average Bonchev–Trinajstić information content (AvgIpc) is 3.70. The van der Waals surface area contributed by atoms with Crippen LogP contribution in [0.1, 0.15) is 68.9 Å². The van der Waals surface area contributed by atoms with E-state index in [1.54, 1.807) is 36.4 Å². The van der Waals surface area contributed by atoms with E-state index in [2.05, 4.69) is 10.4 Å². The van der Waals surface area contributed by atoms with Crippen molar-refractivity contribution in [2.45, 2.75) is 43.9 Å². The van der Waals surface area contributed by atoms with Crippen LogP contribution in [-0.4, -0.2) is 21.6 Å². The Morgan fingerprint density at radius 1 is 0.977 bits per heavy atom. The zero-order valence-corrected chi connectivity index (χ0v) is 23.0. The smallest absolute Gasteiger partial charge is 0.366 e. The van der Waals surface area contributed by atoms with Gasteiger partial charge in [0.05, 0.1) is 16.9 Å². The number of hydrogen-bond acceptors (Lipinski definition) is 5. The van der Waals surface area contributed by atoms with E-state index < -0.39 is 40.7 Å². The molecular formula is C31H30F4N6O2. The topological polar surface area (TPSA) is 142 Å². The summed E-state index contributed by atoms with van der Waals surface area (Å²) in [5.41, 5.74) is 17.0. The van der Waals surface area contributed by atoms with Gasteiger partial charge in [-0.25, -0.2) is 9.07 Å². The minimum atomic E-state index is -4.84. The zero-order valence-electron chi connectivity index (χ0n) is 23.0. The number of carbonyl (C=O) groups is 2. The summed E-state index contributed by atoms with van der Waals surface area (Å²) in [6.45, 7) is 0.116. The lowest BCUT2D eigenvalue weighted by atomic mass is 9.79. The van der Waals surface area contributed by atoms with Crippen molar-refractivity contribution in [2.24, 2.45) is 23.1 Å². The molecule has 1 aliphatic rings. The number of halogens is 4. The van der Waals surface area contributed by atoms with Crippen LogP contribution in [0.3, 0.4) is 0 Å². The Morgan fingerprint density at radius 2 is 1.70 bits per heavy atom. The van der Waals surface area contributed by atoms with Crippen molar-refractivity contribution in [3.63, 3.8) is 0 Å². The molecule has 5 rings (SSSR count). The first-order valence-electron chi connectivity index (χ1n) is 13.7. The molecule has 43 heavy (non-hydrogen) atoms. The number of anilines is 1. The first kappa shape index (κ1) is 29.9. The maximum absolute atomic E-state index is 15.1. The molecule has 12 heteroatoms. The second-order valence-electron chi connectivity index (χ2n) is 10.7. The van der Waals surface area contributed by atoms with E-state index in [1.807, 2.05) is 0 Å². The van der Waals surface area contributed by atoms with E-state index in [1.165, 1.54) is 24.3 Å². The Bertz CT molecular complexity index is 1680. The number of aromatic nitrogens is 2. The molecule has 8 nitrogen and oxygen atoms in total. The van der Waals surface area contributed by atoms with Gasteiger partial charge in [-0.3, -0.25) is 9.59 Å². The monoisotopic (exact) mass is 594 g/mol. The third-order valence-electron chi connectivity index (χ3n) is 7.66. The molecule has 1 aliphatic carbocycles. The quantitative estimate of drug-likeness (QED) is 0.186. The number of hydrogen-bond donors (Lipinski definition) is 4. The minimum Gasteiger partial charge on any atom is -0.366 e. The summed E-state index contributed by atoms with van der Waals surface area (Å²) in [7, 11) is 0. The number of nitrogens with one attached hydrogen (secondary N) is 1. The van der Waals surface area contributed by atoms with Crippen molar-refractivity contribution in [1.29, 1.82) is 0 Å². The number of rotatable bonds is 10. The molecule has 2 amide bonds. The lowest BCUT2D eigenvalue weighted by Gasteiger charge is -2.32. The highest BCUT2D eigenvalue weighted by atomic mass is 19.4. The molecular weight excluding hydrogens is 564 g/mol. The van der Waals surface area contributed by atoms with Gasteiger partial charge < -0.3 is 22.5 Å². The molecule has 224 valence electrons. The second kappa shape index (κ2) is 11.6. The van der Waals surface area contributed by atoms with Crippen molar-refractivity contribution in [1.82, 2.24) is 9.78 Å². The molecule has 1 fully saturated rings. The average molecular weight is 595 g/mol. The van der Waals surface area contributed by atoms with E-state index in [-0.39, 0.29) is 23.5 Å². The van der Waals surface area contributed by atoms with Crippen LogP contribution in [0.15, 0.2) is 72.8 Å². The van der Waals surface area contributed by atoms with E-state index in [0.717, 1.165) is 30.0 Å². The van der Waals surface area contributed by atoms with Crippen molar-refractivity contribution in [3.8, 4) is 5.69 Å². The number of alkyl halides is 3. The molecule has 0 aliphatic heterocycles. The van der Waals surface area contributed by atoms with Gasteiger partial charge in [-0.2, -0.15) is 18.3 Å². The van der Waals surface area contributed by atoms with Crippen LogP contribution in [0.5, 0.6) is 0 Å². The molecule has 7 N–H and O–H groups in total. The lowest BCUT2D eigenvalue weighted by Crippen LogP contribution is -2.38. The Morgan fingerprint density at radius 3 is 2.37 bits per heavy atom. The van der Waals surface area contributed by atoms with Crippen molar-refractivity contribution in [3.05, 3.63) is 112 Å². The molecule has 1 aromatic heterocycles. The molecule has 1 unspecified atom stereocenters. The van der Waals surface area contributed by atoms with E-state index in [0.29, 0.717) is 35.1 Å². The van der Waals surface area contributed by atoms with Crippen molar-refractivity contribution in [2.75, 3.05) is 5.32 Å². The molecule has 0 spiro atoms. The summed E-state index contributed by atoms with van der Waals surface area (Å²) in [6, 6.07) is 17.4. The number of nitrogens with two attached hydrogens (primary N) is 3. The van der Waals surface area contributed by atoms with Gasteiger partial charge in [0.25, 0.3) is 5.91 Å². The molecule has 3 aromatic carbocycles. The fourth-order valence-corrected chi connectivity index (χ4v) is 5.02. The highest BCUT2D eigenvalue weighted by Gasteiger charge is 2.37. The van der Waals surface area contributed by atoms with Gasteiger partial charge in [-0.15, -0.1) is 0 Å². The minimum absolute atomic E-state index is 0.116. The zero-order chi connectivity index (χ0) is 30.9. The molecule has 4 aromatic rings.